The van der Waals surface area contributed by atoms with Gasteiger partial charge in [-0.3, -0.25) is 4.79 Å². The molecule has 0 saturated heterocycles. The summed E-state index contributed by atoms with van der Waals surface area (Å²) in [6.45, 7) is 4.82. The molecule has 100 valence electrons. The van der Waals surface area contributed by atoms with Gasteiger partial charge in [0.2, 0.25) is 5.91 Å². The highest BCUT2D eigenvalue weighted by molar-refractivity contribution is 9.10. The summed E-state index contributed by atoms with van der Waals surface area (Å²) in [7, 11) is 1.66. The fraction of sp³-hybridized carbons (Fsp3) is 0.462. The molecule has 0 aliphatic heterocycles. The molecule has 0 fully saturated rings. The molecule has 0 aliphatic carbocycles. The summed E-state index contributed by atoms with van der Waals surface area (Å²) in [6, 6.07) is 7.47. The van der Waals surface area contributed by atoms with Crippen LogP contribution in [0.4, 0.5) is 5.69 Å². The van der Waals surface area contributed by atoms with Crippen LogP contribution in [-0.2, 0) is 9.53 Å². The summed E-state index contributed by atoms with van der Waals surface area (Å²) < 4.78 is 6.24. The average molecular weight is 315 g/mol. The van der Waals surface area contributed by atoms with E-state index in [-0.39, 0.29) is 18.1 Å². The van der Waals surface area contributed by atoms with Crippen molar-refractivity contribution in [3.05, 3.63) is 28.7 Å². The van der Waals surface area contributed by atoms with Gasteiger partial charge in [0.15, 0.2) is 0 Å². The summed E-state index contributed by atoms with van der Waals surface area (Å²) in [5.74, 6) is -0.0655. The van der Waals surface area contributed by atoms with Crippen molar-refractivity contribution in [1.29, 1.82) is 0 Å². The van der Waals surface area contributed by atoms with Gasteiger partial charge in [-0.2, -0.15) is 0 Å². The molecule has 0 aliphatic rings. The van der Waals surface area contributed by atoms with Crippen molar-refractivity contribution in [2.45, 2.75) is 19.4 Å². The first-order chi connectivity index (χ1) is 8.43. The van der Waals surface area contributed by atoms with E-state index in [2.05, 4.69) is 26.6 Å². The number of rotatable bonds is 6. The van der Waals surface area contributed by atoms with Crippen LogP contribution in [0.5, 0.6) is 0 Å². The van der Waals surface area contributed by atoms with Crippen LogP contribution in [0.25, 0.3) is 0 Å². The number of carbonyl (C=O) groups excluding carboxylic acids is 1. The smallest absolute Gasteiger partial charge is 0.238 e. The van der Waals surface area contributed by atoms with Crippen LogP contribution in [0.1, 0.15) is 13.8 Å². The molecule has 4 nitrogen and oxygen atoms in total. The molecule has 0 spiro atoms. The van der Waals surface area contributed by atoms with Crippen molar-refractivity contribution in [1.82, 2.24) is 5.32 Å². The van der Waals surface area contributed by atoms with Crippen molar-refractivity contribution in [2.75, 3.05) is 25.5 Å². The number of nitrogens with one attached hydrogen (secondary N) is 2. The van der Waals surface area contributed by atoms with Crippen LogP contribution < -0.4 is 10.6 Å². The first kappa shape index (κ1) is 15.1. The average Bonchev–Trinajstić information content (AvgIpc) is 2.32. The van der Waals surface area contributed by atoms with E-state index in [9.17, 15) is 4.79 Å². The third kappa shape index (κ3) is 5.62. The van der Waals surface area contributed by atoms with Gasteiger partial charge in [0.25, 0.3) is 0 Å². The number of carbonyl (C=O) groups is 1. The first-order valence-corrected chi connectivity index (χ1v) is 6.53. The van der Waals surface area contributed by atoms with E-state index >= 15 is 0 Å². The van der Waals surface area contributed by atoms with Gasteiger partial charge in [-0.25, -0.2) is 0 Å². The summed E-state index contributed by atoms with van der Waals surface area (Å²) in [6.07, 6.45) is 0. The Morgan fingerprint density at radius 2 is 1.94 bits per heavy atom. The minimum Gasteiger partial charge on any atom is -0.377 e. The van der Waals surface area contributed by atoms with Crippen molar-refractivity contribution in [2.24, 2.45) is 0 Å². The Bertz CT molecular complexity index is 390. The molecule has 1 aromatic carbocycles. The third-order valence-corrected chi connectivity index (χ3v) is 3.05. The van der Waals surface area contributed by atoms with Gasteiger partial charge in [0, 0.05) is 23.8 Å². The molecule has 0 saturated carbocycles. The van der Waals surface area contributed by atoms with Crippen LogP contribution in [0.2, 0.25) is 0 Å². The molecule has 0 unspecified atom stereocenters. The zero-order valence-electron chi connectivity index (χ0n) is 10.9. The van der Waals surface area contributed by atoms with E-state index in [1.165, 1.54) is 0 Å². The fourth-order valence-electron chi connectivity index (χ4n) is 1.29. The summed E-state index contributed by atoms with van der Waals surface area (Å²) >= 11 is 3.34. The number of ether oxygens (including phenoxy) is 1. The number of hydrogen-bond donors (Lipinski definition) is 2. The zero-order chi connectivity index (χ0) is 13.6. The SMILES string of the molecule is COC(C)(C)CNCC(=O)Nc1ccc(Br)cc1. The lowest BCUT2D eigenvalue weighted by Gasteiger charge is -2.23. The van der Waals surface area contributed by atoms with Gasteiger partial charge in [0.1, 0.15) is 0 Å². The number of hydrogen-bond acceptors (Lipinski definition) is 3. The standard InChI is InChI=1S/C13H19BrN2O2/c1-13(2,18-3)9-15-8-12(17)16-11-6-4-10(14)5-7-11/h4-7,15H,8-9H2,1-3H3,(H,16,17). The number of halogens is 1. The molecule has 0 aromatic heterocycles. The normalized spacial score (nSPS) is 11.3. The van der Waals surface area contributed by atoms with Crippen LogP contribution in [0.3, 0.4) is 0 Å². The van der Waals surface area contributed by atoms with Gasteiger partial charge in [-0.1, -0.05) is 15.9 Å². The van der Waals surface area contributed by atoms with E-state index in [4.69, 9.17) is 4.74 Å². The largest absolute Gasteiger partial charge is 0.377 e. The van der Waals surface area contributed by atoms with Crippen LogP contribution in [-0.4, -0.2) is 31.7 Å². The van der Waals surface area contributed by atoms with E-state index in [1.807, 2.05) is 38.1 Å². The Morgan fingerprint density at radius 3 is 2.50 bits per heavy atom. The van der Waals surface area contributed by atoms with Crippen molar-refractivity contribution >= 4 is 27.5 Å². The lowest BCUT2D eigenvalue weighted by molar-refractivity contribution is -0.115. The second kappa shape index (κ2) is 6.87. The molecule has 5 heteroatoms. The van der Waals surface area contributed by atoms with Crippen LogP contribution in [0, 0.1) is 0 Å². The van der Waals surface area contributed by atoms with Gasteiger partial charge in [-0.15, -0.1) is 0 Å². The molecule has 0 bridgehead atoms. The molecule has 1 rings (SSSR count). The Kier molecular flexibility index (Phi) is 5.78. The van der Waals surface area contributed by atoms with Crippen LogP contribution >= 0.6 is 15.9 Å². The minimum atomic E-state index is -0.266. The summed E-state index contributed by atoms with van der Waals surface area (Å²) in [4.78, 5) is 11.6. The van der Waals surface area contributed by atoms with Gasteiger partial charge in [-0.05, 0) is 38.1 Å². The highest BCUT2D eigenvalue weighted by atomic mass is 79.9. The van der Waals surface area contributed by atoms with E-state index < -0.39 is 0 Å². The molecule has 18 heavy (non-hydrogen) atoms. The Labute approximate surface area is 116 Å². The molecule has 1 aromatic rings. The zero-order valence-corrected chi connectivity index (χ0v) is 12.5. The maximum Gasteiger partial charge on any atom is 0.238 e. The Morgan fingerprint density at radius 1 is 1.33 bits per heavy atom. The lowest BCUT2D eigenvalue weighted by atomic mass is 10.1. The monoisotopic (exact) mass is 314 g/mol. The van der Waals surface area contributed by atoms with E-state index in [0.29, 0.717) is 6.54 Å². The quantitative estimate of drug-likeness (QED) is 0.847. The van der Waals surface area contributed by atoms with E-state index in [0.717, 1.165) is 10.2 Å². The second-order valence-corrected chi connectivity index (χ2v) is 5.54. The summed E-state index contributed by atoms with van der Waals surface area (Å²) in [5, 5.41) is 5.87. The third-order valence-electron chi connectivity index (χ3n) is 2.52. The van der Waals surface area contributed by atoms with Gasteiger partial charge < -0.3 is 15.4 Å². The number of amides is 1. The second-order valence-electron chi connectivity index (χ2n) is 4.62. The van der Waals surface area contributed by atoms with Crippen molar-refractivity contribution in [3.63, 3.8) is 0 Å². The molecule has 1 amide bonds. The molecule has 0 atom stereocenters. The predicted octanol–water partition coefficient (Wildman–Crippen LogP) is 2.40. The Balaban J connectivity index is 2.32. The number of benzene rings is 1. The molecule has 0 heterocycles. The minimum absolute atomic E-state index is 0.0655. The highest BCUT2D eigenvalue weighted by Gasteiger charge is 2.15. The first-order valence-electron chi connectivity index (χ1n) is 5.74. The predicted molar refractivity (Wildman–Crippen MR) is 76.7 cm³/mol. The molecule has 2 N–H and O–H groups in total. The van der Waals surface area contributed by atoms with Gasteiger partial charge >= 0.3 is 0 Å². The lowest BCUT2D eigenvalue weighted by Crippen LogP contribution is -2.40. The molecular weight excluding hydrogens is 296 g/mol. The number of methoxy groups -OCH3 is 1. The van der Waals surface area contributed by atoms with Crippen molar-refractivity contribution < 1.29 is 9.53 Å². The molecule has 0 radical (unpaired) electrons. The van der Waals surface area contributed by atoms with E-state index in [1.54, 1.807) is 7.11 Å². The van der Waals surface area contributed by atoms with Crippen LogP contribution in [0.15, 0.2) is 28.7 Å². The van der Waals surface area contributed by atoms with Gasteiger partial charge in [0.05, 0.1) is 12.1 Å². The Hall–Kier alpha value is -0.910. The maximum atomic E-state index is 11.6. The van der Waals surface area contributed by atoms with Crippen molar-refractivity contribution in [3.8, 4) is 0 Å². The highest BCUT2D eigenvalue weighted by Crippen LogP contribution is 2.13. The maximum absolute atomic E-state index is 11.6. The fourth-order valence-corrected chi connectivity index (χ4v) is 1.55. The topological polar surface area (TPSA) is 50.4 Å². The molecular formula is C13H19BrN2O2. The summed E-state index contributed by atoms with van der Waals surface area (Å²) in [5.41, 5.74) is 0.522. The number of anilines is 1.